The molecule has 2 rings (SSSR count). The molecule has 1 aliphatic rings. The van der Waals surface area contributed by atoms with Crippen LogP contribution in [0.25, 0.3) is 0 Å². The number of likely N-dealkylation sites (tertiary alicyclic amines) is 1. The summed E-state index contributed by atoms with van der Waals surface area (Å²) < 4.78 is 5.20. The van der Waals surface area contributed by atoms with E-state index in [9.17, 15) is 9.90 Å². The Balaban J connectivity index is 1.88. The zero-order valence-corrected chi connectivity index (χ0v) is 12.7. The van der Waals surface area contributed by atoms with Crippen molar-refractivity contribution in [2.75, 3.05) is 20.3 Å². The van der Waals surface area contributed by atoms with Gasteiger partial charge in [-0.2, -0.15) is 0 Å². The predicted octanol–water partition coefficient (Wildman–Crippen LogP) is 1.79. The third-order valence-electron chi connectivity index (χ3n) is 3.89. The third-order valence-corrected chi connectivity index (χ3v) is 3.89. The number of urea groups is 1. The Morgan fingerprint density at radius 2 is 2.38 bits per heavy atom. The molecular weight excluding hydrogens is 268 g/mol. The third kappa shape index (κ3) is 4.11. The van der Waals surface area contributed by atoms with Gasteiger partial charge in [0, 0.05) is 12.6 Å². The SMILES string of the molecule is COc1cccc(CC(C)NC(=O)N2CCCC2CO)c1. The van der Waals surface area contributed by atoms with E-state index in [0.717, 1.165) is 37.1 Å². The number of hydrogen-bond donors (Lipinski definition) is 2. The Morgan fingerprint density at radius 3 is 3.10 bits per heavy atom. The molecule has 0 aromatic heterocycles. The molecule has 2 unspecified atom stereocenters. The van der Waals surface area contributed by atoms with Crippen LogP contribution in [-0.4, -0.2) is 48.4 Å². The van der Waals surface area contributed by atoms with Crippen LogP contribution >= 0.6 is 0 Å². The van der Waals surface area contributed by atoms with Crippen molar-refractivity contribution in [1.82, 2.24) is 10.2 Å². The van der Waals surface area contributed by atoms with Crippen molar-refractivity contribution in [3.05, 3.63) is 29.8 Å². The molecule has 0 saturated carbocycles. The maximum Gasteiger partial charge on any atom is 0.317 e. The summed E-state index contributed by atoms with van der Waals surface area (Å²) in [7, 11) is 1.65. The van der Waals surface area contributed by atoms with E-state index in [4.69, 9.17) is 4.74 Å². The highest BCUT2D eigenvalue weighted by molar-refractivity contribution is 5.75. The minimum atomic E-state index is -0.0815. The van der Waals surface area contributed by atoms with E-state index >= 15 is 0 Å². The van der Waals surface area contributed by atoms with Gasteiger partial charge in [-0.3, -0.25) is 0 Å². The van der Waals surface area contributed by atoms with Gasteiger partial charge in [0.05, 0.1) is 19.8 Å². The second-order valence-corrected chi connectivity index (χ2v) is 5.58. The highest BCUT2D eigenvalue weighted by Crippen LogP contribution is 2.17. The van der Waals surface area contributed by atoms with Crippen molar-refractivity contribution in [2.24, 2.45) is 0 Å². The Labute approximate surface area is 125 Å². The Bertz CT molecular complexity index is 478. The first-order valence-electron chi connectivity index (χ1n) is 7.45. The van der Waals surface area contributed by atoms with Crippen LogP contribution in [0.3, 0.4) is 0 Å². The van der Waals surface area contributed by atoms with Crippen molar-refractivity contribution in [2.45, 2.75) is 38.3 Å². The molecule has 1 aliphatic heterocycles. The standard InChI is InChI=1S/C16H24N2O3/c1-12(9-13-5-3-7-15(10-13)21-2)17-16(20)18-8-4-6-14(18)11-19/h3,5,7,10,12,14,19H,4,6,8-9,11H2,1-2H3,(H,17,20). The first-order chi connectivity index (χ1) is 10.1. The molecule has 1 fully saturated rings. The lowest BCUT2D eigenvalue weighted by Crippen LogP contribution is -2.47. The molecule has 2 atom stereocenters. The van der Waals surface area contributed by atoms with E-state index < -0.39 is 0 Å². The van der Waals surface area contributed by atoms with Crippen molar-refractivity contribution >= 4 is 6.03 Å². The molecule has 116 valence electrons. The highest BCUT2D eigenvalue weighted by atomic mass is 16.5. The summed E-state index contributed by atoms with van der Waals surface area (Å²) in [6, 6.07) is 7.78. The molecule has 1 heterocycles. The number of rotatable bonds is 5. The van der Waals surface area contributed by atoms with Crippen LogP contribution in [0.5, 0.6) is 5.75 Å². The molecule has 0 radical (unpaired) electrons. The summed E-state index contributed by atoms with van der Waals surface area (Å²) in [6.45, 7) is 2.75. The fourth-order valence-corrected chi connectivity index (χ4v) is 2.79. The fourth-order valence-electron chi connectivity index (χ4n) is 2.79. The zero-order chi connectivity index (χ0) is 15.2. The smallest absolute Gasteiger partial charge is 0.317 e. The Kier molecular flexibility index (Phi) is 5.44. The molecule has 2 N–H and O–H groups in total. The fraction of sp³-hybridized carbons (Fsp3) is 0.562. The maximum atomic E-state index is 12.2. The Morgan fingerprint density at radius 1 is 1.57 bits per heavy atom. The maximum absolute atomic E-state index is 12.2. The summed E-state index contributed by atoms with van der Waals surface area (Å²) >= 11 is 0. The number of nitrogens with zero attached hydrogens (tertiary/aromatic N) is 1. The second kappa shape index (κ2) is 7.31. The average Bonchev–Trinajstić information content (AvgIpc) is 2.95. The van der Waals surface area contributed by atoms with Crippen LogP contribution in [0.2, 0.25) is 0 Å². The van der Waals surface area contributed by atoms with Gasteiger partial charge >= 0.3 is 6.03 Å². The van der Waals surface area contributed by atoms with Gasteiger partial charge in [-0.1, -0.05) is 12.1 Å². The summed E-state index contributed by atoms with van der Waals surface area (Å²) in [4.78, 5) is 14.0. The van der Waals surface area contributed by atoms with Gasteiger partial charge in [0.25, 0.3) is 0 Å². The summed E-state index contributed by atoms with van der Waals surface area (Å²) in [5, 5.41) is 12.3. The van der Waals surface area contributed by atoms with Gasteiger partial charge in [-0.25, -0.2) is 4.79 Å². The van der Waals surface area contributed by atoms with E-state index in [0.29, 0.717) is 0 Å². The number of amides is 2. The van der Waals surface area contributed by atoms with Crippen molar-refractivity contribution in [3.63, 3.8) is 0 Å². The normalized spacial score (nSPS) is 19.4. The number of aliphatic hydroxyl groups is 1. The van der Waals surface area contributed by atoms with Crippen LogP contribution in [0.15, 0.2) is 24.3 Å². The molecule has 5 heteroatoms. The molecule has 0 aliphatic carbocycles. The molecule has 1 aromatic rings. The molecule has 21 heavy (non-hydrogen) atoms. The van der Waals surface area contributed by atoms with Crippen LogP contribution in [0.1, 0.15) is 25.3 Å². The lowest BCUT2D eigenvalue weighted by Gasteiger charge is -2.25. The number of methoxy groups -OCH3 is 1. The molecule has 1 saturated heterocycles. The number of benzene rings is 1. The number of nitrogens with one attached hydrogen (secondary N) is 1. The van der Waals surface area contributed by atoms with Gasteiger partial charge in [-0.05, 0) is 43.9 Å². The van der Waals surface area contributed by atoms with Crippen LogP contribution in [-0.2, 0) is 6.42 Å². The first kappa shape index (κ1) is 15.6. The highest BCUT2D eigenvalue weighted by Gasteiger charge is 2.28. The minimum absolute atomic E-state index is 0.0320. The summed E-state index contributed by atoms with van der Waals surface area (Å²) in [6.07, 6.45) is 2.59. The molecule has 2 amide bonds. The predicted molar refractivity (Wildman–Crippen MR) is 81.5 cm³/mol. The number of carbonyl (C=O) groups excluding carboxylic acids is 1. The first-order valence-corrected chi connectivity index (χ1v) is 7.45. The van der Waals surface area contributed by atoms with E-state index in [2.05, 4.69) is 5.32 Å². The van der Waals surface area contributed by atoms with Gasteiger partial charge in [0.1, 0.15) is 5.75 Å². The van der Waals surface area contributed by atoms with E-state index in [1.54, 1.807) is 12.0 Å². The zero-order valence-electron chi connectivity index (χ0n) is 12.7. The van der Waals surface area contributed by atoms with Gasteiger partial charge in [-0.15, -0.1) is 0 Å². The number of carbonyl (C=O) groups is 1. The van der Waals surface area contributed by atoms with Crippen molar-refractivity contribution in [1.29, 1.82) is 0 Å². The lowest BCUT2D eigenvalue weighted by molar-refractivity contribution is 0.155. The number of ether oxygens (including phenoxy) is 1. The summed E-state index contributed by atoms with van der Waals surface area (Å²) in [5.41, 5.74) is 1.13. The molecule has 5 nitrogen and oxygen atoms in total. The lowest BCUT2D eigenvalue weighted by atomic mass is 10.1. The molecule has 0 bridgehead atoms. The largest absolute Gasteiger partial charge is 0.497 e. The topological polar surface area (TPSA) is 61.8 Å². The quantitative estimate of drug-likeness (QED) is 0.870. The van der Waals surface area contributed by atoms with Gasteiger partial charge < -0.3 is 20.1 Å². The average molecular weight is 292 g/mol. The molecule has 1 aromatic carbocycles. The number of aliphatic hydroxyl groups excluding tert-OH is 1. The van der Waals surface area contributed by atoms with Crippen LogP contribution in [0, 0.1) is 0 Å². The molecule has 0 spiro atoms. The monoisotopic (exact) mass is 292 g/mol. The second-order valence-electron chi connectivity index (χ2n) is 5.58. The van der Waals surface area contributed by atoms with Crippen LogP contribution in [0.4, 0.5) is 4.79 Å². The Hall–Kier alpha value is -1.75. The summed E-state index contributed by atoms with van der Waals surface area (Å²) in [5.74, 6) is 0.825. The minimum Gasteiger partial charge on any atom is -0.497 e. The number of hydrogen-bond acceptors (Lipinski definition) is 3. The van der Waals surface area contributed by atoms with E-state index in [1.165, 1.54) is 0 Å². The van der Waals surface area contributed by atoms with Gasteiger partial charge in [0.15, 0.2) is 0 Å². The van der Waals surface area contributed by atoms with Crippen molar-refractivity contribution < 1.29 is 14.6 Å². The van der Waals surface area contributed by atoms with Gasteiger partial charge in [0.2, 0.25) is 0 Å². The van der Waals surface area contributed by atoms with E-state index in [-0.39, 0.29) is 24.7 Å². The molecular formula is C16H24N2O3. The van der Waals surface area contributed by atoms with Crippen LogP contribution < -0.4 is 10.1 Å². The van der Waals surface area contributed by atoms with E-state index in [1.807, 2.05) is 31.2 Å². The van der Waals surface area contributed by atoms with Crippen molar-refractivity contribution in [3.8, 4) is 5.75 Å².